The number of hydrogen-bond donors (Lipinski definition) is 1. The van der Waals surface area contributed by atoms with Crippen molar-refractivity contribution in [3.05, 3.63) is 29.6 Å². The van der Waals surface area contributed by atoms with Gasteiger partial charge in [0.25, 0.3) is 5.91 Å². The van der Waals surface area contributed by atoms with Crippen molar-refractivity contribution >= 4 is 11.9 Å². The van der Waals surface area contributed by atoms with Crippen molar-refractivity contribution in [1.29, 1.82) is 0 Å². The van der Waals surface area contributed by atoms with Crippen LogP contribution in [0.15, 0.2) is 18.2 Å². The Morgan fingerprint density at radius 3 is 2.95 bits per heavy atom. The van der Waals surface area contributed by atoms with E-state index in [2.05, 4.69) is 15.0 Å². The lowest BCUT2D eigenvalue weighted by Crippen LogP contribution is -2.30. The van der Waals surface area contributed by atoms with Gasteiger partial charge in [0.1, 0.15) is 11.4 Å². The maximum absolute atomic E-state index is 11.9. The second-order valence-corrected chi connectivity index (χ2v) is 4.34. The predicted molar refractivity (Wildman–Crippen MR) is 66.8 cm³/mol. The largest absolute Gasteiger partial charge is 0.464 e. The van der Waals surface area contributed by atoms with Crippen LogP contribution in [0, 0.1) is 5.92 Å². The first-order valence-corrected chi connectivity index (χ1v) is 6.12. The summed E-state index contributed by atoms with van der Waals surface area (Å²) in [5.74, 6) is -0.496. The van der Waals surface area contributed by atoms with Crippen LogP contribution in [0.1, 0.15) is 27.4 Å². The summed E-state index contributed by atoms with van der Waals surface area (Å²) in [6, 6.07) is 4.67. The molecule has 1 aliphatic heterocycles. The lowest BCUT2D eigenvalue weighted by molar-refractivity contribution is 0.0594. The van der Waals surface area contributed by atoms with Crippen molar-refractivity contribution in [3.63, 3.8) is 0 Å². The third-order valence-corrected chi connectivity index (χ3v) is 2.95. The van der Waals surface area contributed by atoms with Gasteiger partial charge in [0.05, 0.1) is 13.7 Å². The van der Waals surface area contributed by atoms with E-state index in [1.165, 1.54) is 13.2 Å². The number of esters is 1. The van der Waals surface area contributed by atoms with Crippen molar-refractivity contribution in [3.8, 4) is 0 Å². The van der Waals surface area contributed by atoms with E-state index in [1.54, 1.807) is 12.1 Å². The number of rotatable bonds is 4. The molecule has 2 rings (SSSR count). The molecule has 0 unspecified atom stereocenters. The number of methoxy groups -OCH3 is 1. The van der Waals surface area contributed by atoms with Gasteiger partial charge < -0.3 is 14.8 Å². The van der Waals surface area contributed by atoms with E-state index in [-0.39, 0.29) is 17.3 Å². The smallest absolute Gasteiger partial charge is 0.356 e. The van der Waals surface area contributed by atoms with Gasteiger partial charge in [-0.1, -0.05) is 6.07 Å². The third kappa shape index (κ3) is 3.51. The number of ether oxygens (including phenoxy) is 2. The molecular weight excluding hydrogens is 248 g/mol. The van der Waals surface area contributed by atoms with Crippen molar-refractivity contribution in [2.45, 2.75) is 6.42 Å². The Morgan fingerprint density at radius 1 is 1.47 bits per heavy atom. The molecule has 6 heteroatoms. The number of hydrogen-bond acceptors (Lipinski definition) is 5. The van der Waals surface area contributed by atoms with Crippen molar-refractivity contribution in [2.75, 3.05) is 26.9 Å². The van der Waals surface area contributed by atoms with Gasteiger partial charge >= 0.3 is 5.97 Å². The van der Waals surface area contributed by atoms with Gasteiger partial charge in [0.15, 0.2) is 0 Å². The second kappa shape index (κ2) is 6.29. The zero-order valence-electron chi connectivity index (χ0n) is 10.7. The molecule has 1 saturated heterocycles. The van der Waals surface area contributed by atoms with Crippen LogP contribution in [0.5, 0.6) is 0 Å². The minimum atomic E-state index is -0.557. The van der Waals surface area contributed by atoms with Crippen molar-refractivity contribution < 1.29 is 19.1 Å². The van der Waals surface area contributed by atoms with Gasteiger partial charge in [-0.15, -0.1) is 0 Å². The molecule has 0 spiro atoms. The van der Waals surface area contributed by atoms with E-state index in [0.29, 0.717) is 19.1 Å². The molecule has 1 fully saturated rings. The molecule has 19 heavy (non-hydrogen) atoms. The Hall–Kier alpha value is -1.95. The van der Waals surface area contributed by atoms with E-state index in [4.69, 9.17) is 4.74 Å². The van der Waals surface area contributed by atoms with Crippen LogP contribution in [-0.4, -0.2) is 43.7 Å². The average molecular weight is 264 g/mol. The Kier molecular flexibility index (Phi) is 4.46. The third-order valence-electron chi connectivity index (χ3n) is 2.95. The fourth-order valence-electron chi connectivity index (χ4n) is 1.85. The summed E-state index contributed by atoms with van der Waals surface area (Å²) in [7, 11) is 1.27. The molecule has 1 N–H and O–H groups in total. The number of amides is 1. The summed E-state index contributed by atoms with van der Waals surface area (Å²) in [5.41, 5.74) is 0.334. The van der Waals surface area contributed by atoms with Crippen molar-refractivity contribution in [2.24, 2.45) is 5.92 Å². The van der Waals surface area contributed by atoms with Crippen LogP contribution in [0.25, 0.3) is 0 Å². The van der Waals surface area contributed by atoms with E-state index in [0.717, 1.165) is 13.0 Å². The highest BCUT2D eigenvalue weighted by atomic mass is 16.5. The number of pyridine rings is 1. The lowest BCUT2D eigenvalue weighted by atomic mass is 10.1. The van der Waals surface area contributed by atoms with E-state index in [9.17, 15) is 9.59 Å². The molecular formula is C13H16N2O4. The van der Waals surface area contributed by atoms with Gasteiger partial charge in [0.2, 0.25) is 0 Å². The van der Waals surface area contributed by atoms with Gasteiger partial charge in [-0.2, -0.15) is 0 Å². The summed E-state index contributed by atoms with van der Waals surface area (Å²) in [6.07, 6.45) is 0.954. The fourth-order valence-corrected chi connectivity index (χ4v) is 1.85. The fraction of sp³-hybridized carbons (Fsp3) is 0.462. The molecule has 2 heterocycles. The molecule has 1 aromatic rings. The van der Waals surface area contributed by atoms with Crippen LogP contribution in [0.2, 0.25) is 0 Å². The Morgan fingerprint density at radius 2 is 2.26 bits per heavy atom. The molecule has 0 bridgehead atoms. The first-order chi connectivity index (χ1) is 9.20. The molecule has 1 aliphatic rings. The number of nitrogens with zero attached hydrogens (tertiary/aromatic N) is 1. The summed E-state index contributed by atoms with van der Waals surface area (Å²) in [5, 5.41) is 2.79. The van der Waals surface area contributed by atoms with Gasteiger partial charge in [-0.25, -0.2) is 9.78 Å². The number of carbonyl (C=O) groups is 2. The highest BCUT2D eigenvalue weighted by Gasteiger charge is 2.18. The molecule has 1 amide bonds. The summed E-state index contributed by atoms with van der Waals surface area (Å²) < 4.78 is 9.79. The zero-order chi connectivity index (χ0) is 13.7. The highest BCUT2D eigenvalue weighted by molar-refractivity contribution is 5.94. The second-order valence-electron chi connectivity index (χ2n) is 4.34. The maximum atomic E-state index is 11.9. The SMILES string of the molecule is COC(=O)c1cccc(C(=O)NC[C@H]2CCOC2)n1. The normalized spacial score (nSPS) is 18.1. The zero-order valence-corrected chi connectivity index (χ0v) is 10.7. The minimum Gasteiger partial charge on any atom is -0.464 e. The monoisotopic (exact) mass is 264 g/mol. The first kappa shape index (κ1) is 13.5. The van der Waals surface area contributed by atoms with Crippen LogP contribution >= 0.6 is 0 Å². The number of carbonyl (C=O) groups excluding carboxylic acids is 2. The van der Waals surface area contributed by atoms with E-state index in [1.807, 2.05) is 0 Å². The van der Waals surface area contributed by atoms with Gasteiger partial charge in [-0.05, 0) is 18.6 Å². The molecule has 1 atom stereocenters. The highest BCUT2D eigenvalue weighted by Crippen LogP contribution is 2.11. The number of nitrogens with one attached hydrogen (secondary N) is 1. The molecule has 1 aromatic heterocycles. The molecule has 6 nitrogen and oxygen atoms in total. The summed E-state index contributed by atoms with van der Waals surface area (Å²) >= 11 is 0. The van der Waals surface area contributed by atoms with Crippen LogP contribution in [0.3, 0.4) is 0 Å². The Bertz CT molecular complexity index is 469. The van der Waals surface area contributed by atoms with E-state index < -0.39 is 5.97 Å². The standard InChI is InChI=1S/C13H16N2O4/c1-18-13(17)11-4-2-3-10(15-11)12(16)14-7-9-5-6-19-8-9/h2-4,9H,5-8H2,1H3,(H,14,16)/t9-/m1/s1. The Balaban J connectivity index is 1.96. The lowest BCUT2D eigenvalue weighted by Gasteiger charge is -2.09. The van der Waals surface area contributed by atoms with Gasteiger partial charge in [-0.3, -0.25) is 4.79 Å². The van der Waals surface area contributed by atoms with Crippen molar-refractivity contribution in [1.82, 2.24) is 10.3 Å². The van der Waals surface area contributed by atoms with Crippen LogP contribution in [-0.2, 0) is 9.47 Å². The summed E-state index contributed by atoms with van der Waals surface area (Å²) in [4.78, 5) is 27.2. The quantitative estimate of drug-likeness (QED) is 0.807. The van der Waals surface area contributed by atoms with Crippen LogP contribution in [0.4, 0.5) is 0 Å². The molecule has 0 aliphatic carbocycles. The first-order valence-electron chi connectivity index (χ1n) is 6.12. The van der Waals surface area contributed by atoms with Gasteiger partial charge in [0, 0.05) is 19.1 Å². The van der Waals surface area contributed by atoms with Crippen LogP contribution < -0.4 is 5.32 Å². The molecule has 0 saturated carbocycles. The molecule has 0 aromatic carbocycles. The summed E-state index contributed by atoms with van der Waals surface area (Å²) in [6.45, 7) is 1.98. The molecule has 102 valence electrons. The number of aromatic nitrogens is 1. The predicted octanol–water partition coefficient (Wildman–Crippen LogP) is 0.634. The average Bonchev–Trinajstić information content (AvgIpc) is 2.97. The Labute approximate surface area is 111 Å². The van der Waals surface area contributed by atoms with E-state index >= 15 is 0 Å². The minimum absolute atomic E-state index is 0.124. The topological polar surface area (TPSA) is 77.5 Å². The molecule has 0 radical (unpaired) electrons. The maximum Gasteiger partial charge on any atom is 0.356 e.